The molecule has 14 heavy (non-hydrogen) atoms. The van der Waals surface area contributed by atoms with Crippen LogP contribution >= 0.6 is 11.3 Å². The van der Waals surface area contributed by atoms with E-state index in [2.05, 4.69) is 29.3 Å². The Balaban J connectivity index is 2.04. The first-order valence-electron chi connectivity index (χ1n) is 5.72. The third kappa shape index (κ3) is 2.11. The van der Waals surface area contributed by atoms with Gasteiger partial charge in [0.05, 0.1) is 5.00 Å². The zero-order valence-corrected chi connectivity index (χ0v) is 9.72. The highest BCUT2D eigenvalue weighted by Gasteiger charge is 2.20. The molecular weight excluding hydrogens is 190 g/mol. The molecule has 1 saturated carbocycles. The van der Waals surface area contributed by atoms with Crippen LogP contribution in [-0.2, 0) is 0 Å². The fraction of sp³-hybridized carbons (Fsp3) is 0.667. The van der Waals surface area contributed by atoms with Crippen LogP contribution in [0, 0.1) is 0 Å². The van der Waals surface area contributed by atoms with E-state index >= 15 is 0 Å². The highest BCUT2D eigenvalue weighted by Crippen LogP contribution is 2.29. The van der Waals surface area contributed by atoms with Gasteiger partial charge in [-0.3, -0.25) is 0 Å². The van der Waals surface area contributed by atoms with Crippen molar-refractivity contribution in [3.8, 4) is 0 Å². The second-order valence-electron chi connectivity index (χ2n) is 4.03. The zero-order chi connectivity index (χ0) is 9.80. The van der Waals surface area contributed by atoms with Crippen molar-refractivity contribution in [2.75, 3.05) is 11.4 Å². The Kier molecular flexibility index (Phi) is 3.46. The smallest absolute Gasteiger partial charge is 0.0910 e. The molecule has 0 N–H and O–H groups in total. The molecule has 0 aliphatic heterocycles. The molecule has 0 saturated heterocycles. The van der Waals surface area contributed by atoms with Crippen molar-refractivity contribution < 1.29 is 0 Å². The number of anilines is 1. The molecule has 1 aliphatic carbocycles. The highest BCUT2D eigenvalue weighted by molar-refractivity contribution is 7.14. The first-order valence-corrected chi connectivity index (χ1v) is 6.60. The summed E-state index contributed by atoms with van der Waals surface area (Å²) in [7, 11) is 0. The van der Waals surface area contributed by atoms with Gasteiger partial charge in [-0.1, -0.05) is 19.3 Å². The third-order valence-electron chi connectivity index (χ3n) is 3.15. The Morgan fingerprint density at radius 2 is 2.14 bits per heavy atom. The van der Waals surface area contributed by atoms with Gasteiger partial charge in [-0.05, 0) is 37.3 Å². The lowest BCUT2D eigenvalue weighted by Gasteiger charge is -2.34. The van der Waals surface area contributed by atoms with Gasteiger partial charge in [0.2, 0.25) is 0 Å². The largest absolute Gasteiger partial charge is 0.361 e. The zero-order valence-electron chi connectivity index (χ0n) is 8.91. The molecule has 0 amide bonds. The number of hydrogen-bond donors (Lipinski definition) is 0. The number of rotatable bonds is 3. The molecule has 1 aliphatic rings. The van der Waals surface area contributed by atoms with Crippen molar-refractivity contribution in [2.45, 2.75) is 45.1 Å². The van der Waals surface area contributed by atoms with E-state index in [0.717, 1.165) is 12.6 Å². The van der Waals surface area contributed by atoms with E-state index in [-0.39, 0.29) is 0 Å². The lowest BCUT2D eigenvalue weighted by Crippen LogP contribution is -2.36. The Labute approximate surface area is 90.7 Å². The SMILES string of the molecule is CCN(c1cccs1)C1CCCCC1. The van der Waals surface area contributed by atoms with E-state index < -0.39 is 0 Å². The van der Waals surface area contributed by atoms with Crippen molar-refractivity contribution in [3.63, 3.8) is 0 Å². The first kappa shape index (κ1) is 10.0. The molecule has 1 nitrogen and oxygen atoms in total. The van der Waals surface area contributed by atoms with Crippen LogP contribution < -0.4 is 4.90 Å². The van der Waals surface area contributed by atoms with E-state index in [0.29, 0.717) is 0 Å². The molecule has 1 fully saturated rings. The van der Waals surface area contributed by atoms with E-state index in [9.17, 15) is 0 Å². The number of nitrogens with zero attached hydrogens (tertiary/aromatic N) is 1. The Hall–Kier alpha value is -0.500. The molecular formula is C12H19NS. The van der Waals surface area contributed by atoms with Crippen LogP contribution in [-0.4, -0.2) is 12.6 Å². The molecule has 0 aromatic carbocycles. The molecule has 0 atom stereocenters. The van der Waals surface area contributed by atoms with Crippen molar-refractivity contribution in [1.29, 1.82) is 0 Å². The fourth-order valence-corrected chi connectivity index (χ4v) is 3.29. The Morgan fingerprint density at radius 1 is 1.36 bits per heavy atom. The summed E-state index contributed by atoms with van der Waals surface area (Å²) in [6, 6.07) is 5.22. The summed E-state index contributed by atoms with van der Waals surface area (Å²) in [4.78, 5) is 2.59. The van der Waals surface area contributed by atoms with Crippen LogP contribution in [0.3, 0.4) is 0 Å². The van der Waals surface area contributed by atoms with Gasteiger partial charge in [-0.25, -0.2) is 0 Å². The lowest BCUT2D eigenvalue weighted by molar-refractivity contribution is 0.419. The van der Waals surface area contributed by atoms with Gasteiger partial charge in [0.15, 0.2) is 0 Å². The third-order valence-corrected chi connectivity index (χ3v) is 4.05. The van der Waals surface area contributed by atoms with Crippen molar-refractivity contribution in [3.05, 3.63) is 17.5 Å². The Bertz CT molecular complexity index is 249. The predicted octanol–water partition coefficient (Wildman–Crippen LogP) is 3.91. The quantitative estimate of drug-likeness (QED) is 0.729. The minimum absolute atomic E-state index is 0.812. The highest BCUT2D eigenvalue weighted by atomic mass is 32.1. The average Bonchev–Trinajstić information content (AvgIpc) is 2.74. The van der Waals surface area contributed by atoms with Crippen LogP contribution in [0.4, 0.5) is 5.00 Å². The molecule has 2 heteroatoms. The van der Waals surface area contributed by atoms with Gasteiger partial charge in [0.1, 0.15) is 0 Å². The van der Waals surface area contributed by atoms with Gasteiger partial charge in [0.25, 0.3) is 0 Å². The van der Waals surface area contributed by atoms with E-state index in [1.165, 1.54) is 37.1 Å². The summed E-state index contributed by atoms with van der Waals surface area (Å²) in [5.41, 5.74) is 0. The van der Waals surface area contributed by atoms with Crippen molar-refractivity contribution in [1.82, 2.24) is 0 Å². The van der Waals surface area contributed by atoms with Gasteiger partial charge in [-0.2, -0.15) is 0 Å². The molecule has 2 rings (SSSR count). The maximum atomic E-state index is 2.59. The molecule has 0 radical (unpaired) electrons. The summed E-state index contributed by atoms with van der Waals surface area (Å²) in [6.07, 6.45) is 7.08. The summed E-state index contributed by atoms with van der Waals surface area (Å²) in [6.45, 7) is 3.43. The van der Waals surface area contributed by atoms with Crippen molar-refractivity contribution >= 4 is 16.3 Å². The summed E-state index contributed by atoms with van der Waals surface area (Å²) in [5.74, 6) is 0. The normalized spacial score (nSPS) is 18.4. The van der Waals surface area contributed by atoms with E-state index in [4.69, 9.17) is 0 Å². The number of hydrogen-bond acceptors (Lipinski definition) is 2. The Morgan fingerprint density at radius 3 is 2.71 bits per heavy atom. The standard InChI is InChI=1S/C12H19NS/c1-2-13(12-9-6-10-14-12)11-7-4-3-5-8-11/h6,9-11H,2-5,7-8H2,1H3. The fourth-order valence-electron chi connectivity index (χ4n) is 2.42. The summed E-state index contributed by atoms with van der Waals surface area (Å²) in [5, 5.41) is 3.64. The monoisotopic (exact) mass is 209 g/mol. The molecule has 1 aromatic heterocycles. The molecule has 1 aromatic rings. The van der Waals surface area contributed by atoms with Gasteiger partial charge >= 0.3 is 0 Å². The summed E-state index contributed by atoms with van der Waals surface area (Å²) >= 11 is 1.88. The maximum Gasteiger partial charge on any atom is 0.0910 e. The molecule has 78 valence electrons. The summed E-state index contributed by atoms with van der Waals surface area (Å²) < 4.78 is 0. The van der Waals surface area contributed by atoms with Crippen LogP contribution in [0.15, 0.2) is 17.5 Å². The first-order chi connectivity index (χ1) is 6.92. The number of thiophene rings is 1. The molecule has 0 spiro atoms. The average molecular weight is 209 g/mol. The van der Waals surface area contributed by atoms with E-state index in [1.807, 2.05) is 11.3 Å². The minimum Gasteiger partial charge on any atom is -0.361 e. The molecule has 1 heterocycles. The molecule has 0 bridgehead atoms. The predicted molar refractivity (Wildman–Crippen MR) is 64.2 cm³/mol. The minimum atomic E-state index is 0.812. The van der Waals surface area contributed by atoms with Gasteiger partial charge < -0.3 is 4.90 Å². The van der Waals surface area contributed by atoms with Crippen molar-refractivity contribution in [2.24, 2.45) is 0 Å². The van der Waals surface area contributed by atoms with E-state index in [1.54, 1.807) is 0 Å². The lowest BCUT2D eigenvalue weighted by atomic mass is 9.94. The van der Waals surface area contributed by atoms with Crippen LogP contribution in [0.1, 0.15) is 39.0 Å². The topological polar surface area (TPSA) is 3.24 Å². The second kappa shape index (κ2) is 4.83. The molecule has 0 unspecified atom stereocenters. The van der Waals surface area contributed by atoms with Gasteiger partial charge in [0, 0.05) is 12.6 Å². The van der Waals surface area contributed by atoms with Crippen LogP contribution in [0.2, 0.25) is 0 Å². The van der Waals surface area contributed by atoms with Crippen LogP contribution in [0.25, 0.3) is 0 Å². The van der Waals surface area contributed by atoms with Crippen LogP contribution in [0.5, 0.6) is 0 Å². The van der Waals surface area contributed by atoms with Gasteiger partial charge in [-0.15, -0.1) is 11.3 Å². The maximum absolute atomic E-state index is 2.59. The second-order valence-corrected chi connectivity index (χ2v) is 4.96.